The minimum Gasteiger partial charge on any atom is -0.299 e. The van der Waals surface area contributed by atoms with Crippen molar-refractivity contribution in [3.05, 3.63) is 35.9 Å². The Morgan fingerprint density at radius 2 is 2.06 bits per heavy atom. The van der Waals surface area contributed by atoms with E-state index in [0.717, 1.165) is 24.3 Å². The van der Waals surface area contributed by atoms with Crippen molar-refractivity contribution in [2.24, 2.45) is 17.8 Å². The summed E-state index contributed by atoms with van der Waals surface area (Å²) in [7, 11) is 0. The normalized spacial score (nSPS) is 32.4. The van der Waals surface area contributed by atoms with E-state index in [9.17, 15) is 0 Å². The lowest BCUT2D eigenvalue weighted by Gasteiger charge is -2.33. The number of nitrogens with zero attached hydrogens (tertiary/aromatic N) is 1. The number of hydrogen-bond acceptors (Lipinski definition) is 1. The number of benzene rings is 1. The molecule has 1 aliphatic carbocycles. The van der Waals surface area contributed by atoms with Crippen molar-refractivity contribution >= 4 is 15.9 Å². The molecule has 18 heavy (non-hydrogen) atoms. The summed E-state index contributed by atoms with van der Waals surface area (Å²) in [5.74, 6) is 2.96. The van der Waals surface area contributed by atoms with E-state index in [1.807, 2.05) is 0 Å². The number of alkyl halides is 1. The first-order valence-corrected chi connectivity index (χ1v) is 8.31. The van der Waals surface area contributed by atoms with Gasteiger partial charge in [0, 0.05) is 18.4 Å². The van der Waals surface area contributed by atoms with E-state index in [2.05, 4.69) is 51.2 Å². The summed E-state index contributed by atoms with van der Waals surface area (Å²) in [6, 6.07) is 10.9. The highest BCUT2D eigenvalue weighted by Gasteiger charge is 2.42. The number of rotatable bonds is 4. The van der Waals surface area contributed by atoms with E-state index >= 15 is 0 Å². The lowest BCUT2D eigenvalue weighted by Crippen LogP contribution is -2.36. The van der Waals surface area contributed by atoms with E-state index in [-0.39, 0.29) is 0 Å². The van der Waals surface area contributed by atoms with Crippen LogP contribution in [0.5, 0.6) is 0 Å². The number of likely N-dealkylation sites (tertiary alicyclic amines) is 1. The van der Waals surface area contributed by atoms with E-state index in [1.165, 1.54) is 43.2 Å². The van der Waals surface area contributed by atoms with Gasteiger partial charge in [-0.2, -0.15) is 0 Å². The van der Waals surface area contributed by atoms with E-state index in [1.54, 1.807) is 0 Å². The topological polar surface area (TPSA) is 3.24 Å². The predicted molar refractivity (Wildman–Crippen MR) is 79.8 cm³/mol. The van der Waals surface area contributed by atoms with Gasteiger partial charge < -0.3 is 0 Å². The van der Waals surface area contributed by atoms with E-state index < -0.39 is 0 Å². The lowest BCUT2D eigenvalue weighted by atomic mass is 9.92. The number of piperidine rings is 1. The van der Waals surface area contributed by atoms with Gasteiger partial charge in [-0.05, 0) is 49.1 Å². The van der Waals surface area contributed by atoms with Gasteiger partial charge >= 0.3 is 0 Å². The molecule has 3 atom stereocenters. The molecule has 0 spiro atoms. The van der Waals surface area contributed by atoms with Crippen LogP contribution in [0.15, 0.2) is 30.3 Å². The molecule has 1 aliphatic heterocycles. The molecule has 1 nitrogen and oxygen atoms in total. The third-order valence-electron chi connectivity index (χ3n) is 4.57. The molecule has 0 radical (unpaired) electrons. The largest absolute Gasteiger partial charge is 0.299 e. The second-order valence-electron chi connectivity index (χ2n) is 5.94. The molecule has 1 saturated carbocycles. The molecule has 2 fully saturated rings. The molecule has 0 aromatic heterocycles. The maximum atomic E-state index is 3.64. The molecule has 0 N–H and O–H groups in total. The minimum atomic E-state index is 0.963. The molecular formula is C16H22BrN. The second-order valence-corrected chi connectivity index (χ2v) is 6.58. The SMILES string of the molecule is BrCC1CC1C1CCCN(Cc2ccccc2)C1. The van der Waals surface area contributed by atoms with Crippen molar-refractivity contribution < 1.29 is 0 Å². The molecule has 3 rings (SSSR count). The van der Waals surface area contributed by atoms with Crippen LogP contribution in [0.2, 0.25) is 0 Å². The highest BCUT2D eigenvalue weighted by atomic mass is 79.9. The Labute approximate surface area is 119 Å². The van der Waals surface area contributed by atoms with Crippen LogP contribution >= 0.6 is 15.9 Å². The Hall–Kier alpha value is -0.340. The van der Waals surface area contributed by atoms with Gasteiger partial charge in [0.2, 0.25) is 0 Å². The highest BCUT2D eigenvalue weighted by Crippen LogP contribution is 2.48. The van der Waals surface area contributed by atoms with Crippen LogP contribution in [0.3, 0.4) is 0 Å². The molecular weight excluding hydrogens is 286 g/mol. The average molecular weight is 308 g/mol. The molecule has 1 saturated heterocycles. The Bertz CT molecular complexity index is 378. The van der Waals surface area contributed by atoms with Crippen LogP contribution in [-0.2, 0) is 6.54 Å². The Kier molecular flexibility index (Phi) is 4.05. The first-order chi connectivity index (χ1) is 8.86. The fourth-order valence-electron chi connectivity index (χ4n) is 3.45. The monoisotopic (exact) mass is 307 g/mol. The molecule has 1 heterocycles. The van der Waals surface area contributed by atoms with Crippen LogP contribution in [0.25, 0.3) is 0 Å². The van der Waals surface area contributed by atoms with Crippen molar-refractivity contribution in [2.45, 2.75) is 25.8 Å². The number of halogens is 1. The van der Waals surface area contributed by atoms with Gasteiger partial charge in [0.1, 0.15) is 0 Å². The van der Waals surface area contributed by atoms with Gasteiger partial charge in [-0.1, -0.05) is 46.3 Å². The summed E-state index contributed by atoms with van der Waals surface area (Å²) in [6.07, 6.45) is 4.32. The predicted octanol–water partition coefficient (Wildman–Crippen LogP) is 3.93. The maximum absolute atomic E-state index is 3.64. The summed E-state index contributed by atoms with van der Waals surface area (Å²) >= 11 is 3.64. The van der Waals surface area contributed by atoms with Gasteiger partial charge in [-0.3, -0.25) is 4.90 Å². The van der Waals surface area contributed by atoms with Crippen LogP contribution in [-0.4, -0.2) is 23.3 Å². The third kappa shape index (κ3) is 2.97. The zero-order chi connectivity index (χ0) is 12.4. The molecule has 3 unspecified atom stereocenters. The van der Waals surface area contributed by atoms with E-state index in [0.29, 0.717) is 0 Å². The third-order valence-corrected chi connectivity index (χ3v) is 5.40. The minimum absolute atomic E-state index is 0.963. The Balaban J connectivity index is 1.54. The molecule has 0 amide bonds. The first kappa shape index (κ1) is 12.7. The molecule has 2 heteroatoms. The molecule has 98 valence electrons. The summed E-state index contributed by atoms with van der Waals surface area (Å²) in [4.78, 5) is 2.66. The fraction of sp³-hybridized carbons (Fsp3) is 0.625. The van der Waals surface area contributed by atoms with Gasteiger partial charge in [-0.25, -0.2) is 0 Å². The molecule has 2 aliphatic rings. The smallest absolute Gasteiger partial charge is 0.0233 e. The zero-order valence-corrected chi connectivity index (χ0v) is 12.5. The van der Waals surface area contributed by atoms with Gasteiger partial charge in [0.15, 0.2) is 0 Å². The lowest BCUT2D eigenvalue weighted by molar-refractivity contribution is 0.151. The Morgan fingerprint density at radius 3 is 2.78 bits per heavy atom. The average Bonchev–Trinajstić information content (AvgIpc) is 3.20. The van der Waals surface area contributed by atoms with Crippen molar-refractivity contribution in [2.75, 3.05) is 18.4 Å². The fourth-order valence-corrected chi connectivity index (χ4v) is 4.20. The van der Waals surface area contributed by atoms with E-state index in [4.69, 9.17) is 0 Å². The van der Waals surface area contributed by atoms with Crippen molar-refractivity contribution in [3.8, 4) is 0 Å². The summed E-state index contributed by atoms with van der Waals surface area (Å²) < 4.78 is 0. The van der Waals surface area contributed by atoms with Gasteiger partial charge in [-0.15, -0.1) is 0 Å². The van der Waals surface area contributed by atoms with Gasteiger partial charge in [0.25, 0.3) is 0 Å². The molecule has 1 aromatic rings. The quantitative estimate of drug-likeness (QED) is 0.762. The Morgan fingerprint density at radius 1 is 1.22 bits per heavy atom. The van der Waals surface area contributed by atoms with Crippen LogP contribution in [0.4, 0.5) is 0 Å². The number of hydrogen-bond donors (Lipinski definition) is 0. The summed E-state index contributed by atoms with van der Waals surface area (Å²) in [6.45, 7) is 3.75. The van der Waals surface area contributed by atoms with Crippen molar-refractivity contribution in [1.29, 1.82) is 0 Å². The zero-order valence-electron chi connectivity index (χ0n) is 10.9. The second kappa shape index (κ2) is 5.75. The highest BCUT2D eigenvalue weighted by molar-refractivity contribution is 9.09. The standard InChI is InChI=1S/C16H22BrN/c17-10-15-9-16(15)14-7-4-8-18(12-14)11-13-5-2-1-3-6-13/h1-3,5-6,14-16H,4,7-12H2. The molecule has 1 aromatic carbocycles. The molecule has 0 bridgehead atoms. The maximum Gasteiger partial charge on any atom is 0.0233 e. The van der Waals surface area contributed by atoms with Crippen LogP contribution in [0.1, 0.15) is 24.8 Å². The first-order valence-electron chi connectivity index (χ1n) is 7.19. The summed E-state index contributed by atoms with van der Waals surface area (Å²) in [5, 5.41) is 1.22. The summed E-state index contributed by atoms with van der Waals surface area (Å²) in [5.41, 5.74) is 1.46. The van der Waals surface area contributed by atoms with Gasteiger partial charge in [0.05, 0.1) is 0 Å². The van der Waals surface area contributed by atoms with Crippen molar-refractivity contribution in [3.63, 3.8) is 0 Å². The van der Waals surface area contributed by atoms with Crippen molar-refractivity contribution in [1.82, 2.24) is 4.90 Å². The van der Waals surface area contributed by atoms with Crippen LogP contribution < -0.4 is 0 Å². The van der Waals surface area contributed by atoms with Crippen LogP contribution in [0, 0.1) is 17.8 Å².